The van der Waals surface area contributed by atoms with E-state index in [0.29, 0.717) is 37.2 Å². The number of aromatic nitrogens is 2. The third-order valence-electron chi connectivity index (χ3n) is 7.17. The molecule has 3 aromatic carbocycles. The summed E-state index contributed by atoms with van der Waals surface area (Å²) in [7, 11) is 0. The van der Waals surface area contributed by atoms with Crippen molar-refractivity contribution < 1.29 is 9.53 Å². The second-order valence-electron chi connectivity index (χ2n) is 10.4. The molecule has 0 bridgehead atoms. The topological polar surface area (TPSA) is 65.6 Å². The molecule has 5 aromatic rings. The second-order valence-corrected chi connectivity index (χ2v) is 12.3. The van der Waals surface area contributed by atoms with Crippen LogP contribution in [0.1, 0.15) is 43.5 Å². The smallest absolute Gasteiger partial charge is 0.338 e. The number of halogens is 2. The maximum atomic E-state index is 14.1. The molecule has 42 heavy (non-hydrogen) atoms. The molecule has 1 atom stereocenters. The van der Waals surface area contributed by atoms with Crippen LogP contribution in [0.4, 0.5) is 0 Å². The van der Waals surface area contributed by atoms with Gasteiger partial charge in [-0.3, -0.25) is 9.36 Å². The molecule has 0 aliphatic carbocycles. The molecule has 0 fully saturated rings. The number of fused-ring (bicyclic) bond motifs is 2. The Hall–Kier alpha value is -3.91. The van der Waals surface area contributed by atoms with E-state index in [4.69, 9.17) is 32.9 Å². The van der Waals surface area contributed by atoms with Crippen LogP contribution in [-0.4, -0.2) is 21.2 Å². The Bertz CT molecular complexity index is 2050. The molecule has 0 spiro atoms. The van der Waals surface area contributed by atoms with E-state index in [-0.39, 0.29) is 11.7 Å². The number of benzene rings is 3. The SMILES string of the molecule is CC1=C(C(=O)OC(C)C)C(c2ccc(Cl)cc2)n2c(sc(=Cc3cn(Cc4ccccc4Cl)c4ccccc34)c2=O)=N1. The number of esters is 1. The van der Waals surface area contributed by atoms with Gasteiger partial charge in [0, 0.05) is 39.3 Å². The first-order valence-electron chi connectivity index (χ1n) is 13.5. The van der Waals surface area contributed by atoms with Crippen LogP contribution in [0.15, 0.2) is 100 Å². The Morgan fingerprint density at radius 1 is 1.05 bits per heavy atom. The number of carbonyl (C=O) groups excluding carboxylic acids is 1. The van der Waals surface area contributed by atoms with Gasteiger partial charge in [-0.2, -0.15) is 0 Å². The summed E-state index contributed by atoms with van der Waals surface area (Å²) in [6.07, 6.45) is 3.62. The molecule has 2 aromatic heterocycles. The minimum absolute atomic E-state index is 0.232. The van der Waals surface area contributed by atoms with Gasteiger partial charge in [-0.1, -0.05) is 83.1 Å². The summed E-state index contributed by atoms with van der Waals surface area (Å²) >= 11 is 13.9. The van der Waals surface area contributed by atoms with Gasteiger partial charge >= 0.3 is 5.97 Å². The summed E-state index contributed by atoms with van der Waals surface area (Å²) in [5, 5.41) is 2.28. The van der Waals surface area contributed by atoms with Crippen molar-refractivity contribution in [3.05, 3.63) is 137 Å². The average Bonchev–Trinajstić information content (AvgIpc) is 3.45. The van der Waals surface area contributed by atoms with Crippen LogP contribution in [-0.2, 0) is 16.1 Å². The van der Waals surface area contributed by atoms with Gasteiger partial charge in [0.2, 0.25) is 0 Å². The molecule has 0 saturated heterocycles. The summed E-state index contributed by atoms with van der Waals surface area (Å²) in [6, 6.07) is 22.3. The number of ether oxygens (including phenoxy) is 1. The summed E-state index contributed by atoms with van der Waals surface area (Å²) in [4.78, 5) is 32.6. The standard InChI is InChI=1S/C33H27Cl2N3O3S/c1-19(2)41-32(40)29-20(3)36-33-38(30(29)21-12-14-24(34)15-13-21)31(39)28(42-33)16-23-18-37(27-11-7-5-9-25(23)27)17-22-8-4-6-10-26(22)35/h4-16,18-19,30H,17H2,1-3H3. The minimum atomic E-state index is -0.700. The van der Waals surface area contributed by atoms with E-state index in [0.717, 1.165) is 27.6 Å². The van der Waals surface area contributed by atoms with Crippen molar-refractivity contribution in [1.29, 1.82) is 0 Å². The van der Waals surface area contributed by atoms with Crippen LogP contribution in [0, 0.1) is 0 Å². The van der Waals surface area contributed by atoms with Crippen molar-refractivity contribution in [2.75, 3.05) is 0 Å². The fourth-order valence-corrected chi connectivity index (χ4v) is 6.65. The van der Waals surface area contributed by atoms with E-state index in [9.17, 15) is 9.59 Å². The zero-order chi connectivity index (χ0) is 29.5. The molecular weight excluding hydrogens is 589 g/mol. The molecule has 1 unspecified atom stereocenters. The summed E-state index contributed by atoms with van der Waals surface area (Å²) in [6.45, 7) is 5.95. The minimum Gasteiger partial charge on any atom is -0.459 e. The monoisotopic (exact) mass is 615 g/mol. The number of rotatable bonds is 6. The molecular formula is C33H27Cl2N3O3S. The molecule has 9 heteroatoms. The molecule has 6 rings (SSSR count). The lowest BCUT2D eigenvalue weighted by Crippen LogP contribution is -2.40. The van der Waals surface area contributed by atoms with Crippen molar-refractivity contribution in [3.63, 3.8) is 0 Å². The largest absolute Gasteiger partial charge is 0.459 e. The number of thiazole rings is 1. The highest BCUT2D eigenvalue weighted by molar-refractivity contribution is 7.07. The average molecular weight is 617 g/mol. The van der Waals surface area contributed by atoms with E-state index >= 15 is 0 Å². The van der Waals surface area contributed by atoms with E-state index in [1.807, 2.05) is 66.9 Å². The number of carbonyl (C=O) groups is 1. The molecule has 0 amide bonds. The first-order chi connectivity index (χ1) is 20.2. The third kappa shape index (κ3) is 5.24. The first-order valence-corrected chi connectivity index (χ1v) is 15.1. The molecule has 1 aliphatic rings. The van der Waals surface area contributed by atoms with Crippen LogP contribution in [0.3, 0.4) is 0 Å². The number of para-hydroxylation sites is 1. The molecule has 0 saturated carbocycles. The Kier molecular flexibility index (Phi) is 7.66. The zero-order valence-electron chi connectivity index (χ0n) is 23.2. The van der Waals surface area contributed by atoms with Crippen molar-refractivity contribution >= 4 is 57.5 Å². The summed E-state index contributed by atoms with van der Waals surface area (Å²) in [5.74, 6) is -0.497. The first kappa shape index (κ1) is 28.2. The molecule has 6 nitrogen and oxygen atoms in total. The highest BCUT2D eigenvalue weighted by Gasteiger charge is 2.33. The Labute approximate surface area is 256 Å². The van der Waals surface area contributed by atoms with Crippen molar-refractivity contribution in [2.45, 2.75) is 39.5 Å². The molecule has 0 radical (unpaired) electrons. The highest BCUT2D eigenvalue weighted by atomic mass is 35.5. The van der Waals surface area contributed by atoms with Crippen molar-refractivity contribution in [3.8, 4) is 0 Å². The van der Waals surface area contributed by atoms with E-state index < -0.39 is 12.0 Å². The normalized spacial score (nSPS) is 15.3. The fourth-order valence-electron chi connectivity index (χ4n) is 5.29. The lowest BCUT2D eigenvalue weighted by atomic mass is 9.96. The maximum absolute atomic E-state index is 14.1. The van der Waals surface area contributed by atoms with Gasteiger partial charge in [0.1, 0.15) is 0 Å². The molecule has 212 valence electrons. The summed E-state index contributed by atoms with van der Waals surface area (Å²) < 4.78 is 9.83. The van der Waals surface area contributed by atoms with E-state index in [1.54, 1.807) is 37.5 Å². The Morgan fingerprint density at radius 2 is 1.76 bits per heavy atom. The lowest BCUT2D eigenvalue weighted by molar-refractivity contribution is -0.143. The number of allylic oxidation sites excluding steroid dienone is 1. The predicted octanol–water partition coefficient (Wildman–Crippen LogP) is 6.50. The van der Waals surface area contributed by atoms with E-state index in [1.165, 1.54) is 11.3 Å². The van der Waals surface area contributed by atoms with Crippen molar-refractivity contribution in [2.24, 2.45) is 4.99 Å². The predicted molar refractivity (Wildman–Crippen MR) is 169 cm³/mol. The fraction of sp³-hybridized carbons (Fsp3) is 0.182. The van der Waals surface area contributed by atoms with Gasteiger partial charge in [-0.05, 0) is 62.2 Å². The van der Waals surface area contributed by atoms with Gasteiger partial charge in [0.25, 0.3) is 5.56 Å². The zero-order valence-corrected chi connectivity index (χ0v) is 25.5. The van der Waals surface area contributed by atoms with Gasteiger partial charge in [-0.15, -0.1) is 0 Å². The number of nitrogens with zero attached hydrogens (tertiary/aromatic N) is 3. The quantitative estimate of drug-likeness (QED) is 0.205. The van der Waals surface area contributed by atoms with Crippen LogP contribution in [0.25, 0.3) is 17.0 Å². The van der Waals surface area contributed by atoms with Gasteiger partial charge in [-0.25, -0.2) is 9.79 Å². The highest BCUT2D eigenvalue weighted by Crippen LogP contribution is 2.32. The summed E-state index contributed by atoms with van der Waals surface area (Å²) in [5.41, 5.74) is 4.31. The Morgan fingerprint density at radius 3 is 2.50 bits per heavy atom. The maximum Gasteiger partial charge on any atom is 0.338 e. The molecule has 1 aliphatic heterocycles. The number of hydrogen-bond acceptors (Lipinski definition) is 5. The van der Waals surface area contributed by atoms with Crippen LogP contribution in [0.2, 0.25) is 10.0 Å². The van der Waals surface area contributed by atoms with Gasteiger partial charge in [0.15, 0.2) is 4.80 Å². The van der Waals surface area contributed by atoms with Crippen molar-refractivity contribution in [1.82, 2.24) is 9.13 Å². The second kappa shape index (κ2) is 11.4. The van der Waals surface area contributed by atoms with Gasteiger partial charge < -0.3 is 9.30 Å². The lowest BCUT2D eigenvalue weighted by Gasteiger charge is -2.25. The van der Waals surface area contributed by atoms with Crippen LogP contribution < -0.4 is 14.9 Å². The third-order valence-corrected chi connectivity index (χ3v) is 8.78. The van der Waals surface area contributed by atoms with Crippen LogP contribution >= 0.6 is 34.5 Å². The van der Waals surface area contributed by atoms with Gasteiger partial charge in [0.05, 0.1) is 27.9 Å². The Balaban J connectivity index is 1.51. The molecule has 0 N–H and O–H groups in total. The number of hydrogen-bond donors (Lipinski definition) is 0. The van der Waals surface area contributed by atoms with Crippen LogP contribution in [0.5, 0.6) is 0 Å². The molecule has 3 heterocycles. The van der Waals surface area contributed by atoms with E-state index in [2.05, 4.69) is 10.6 Å².